The highest BCUT2D eigenvalue weighted by Crippen LogP contribution is 2.19. The second kappa shape index (κ2) is 7.57. The highest BCUT2D eigenvalue weighted by molar-refractivity contribution is 7.04. The molecule has 0 atom stereocenters. The van der Waals surface area contributed by atoms with Crippen LogP contribution in [0, 0.1) is 6.92 Å². The smallest absolute Gasteiger partial charge is 0.258 e. The molecule has 1 fully saturated rings. The van der Waals surface area contributed by atoms with Crippen LogP contribution < -0.4 is 10.1 Å². The van der Waals surface area contributed by atoms with Gasteiger partial charge in [0.15, 0.2) is 0 Å². The van der Waals surface area contributed by atoms with Crippen molar-refractivity contribution in [1.82, 2.24) is 9.27 Å². The molecular formula is C17H21N3O2S. The van der Waals surface area contributed by atoms with E-state index in [2.05, 4.69) is 14.6 Å². The fourth-order valence-corrected chi connectivity index (χ4v) is 3.36. The Balaban J connectivity index is 1.54. The lowest BCUT2D eigenvalue weighted by Gasteiger charge is -2.15. The lowest BCUT2D eigenvalue weighted by molar-refractivity contribution is 0.102. The van der Waals surface area contributed by atoms with E-state index in [1.807, 2.05) is 31.2 Å². The highest BCUT2D eigenvalue weighted by Gasteiger charge is 2.12. The predicted molar refractivity (Wildman–Crippen MR) is 92.4 cm³/mol. The van der Waals surface area contributed by atoms with Gasteiger partial charge in [0.1, 0.15) is 12.4 Å². The molecule has 1 N–H and O–H groups in total. The Morgan fingerprint density at radius 3 is 2.96 bits per heavy atom. The van der Waals surface area contributed by atoms with Gasteiger partial charge in [-0.1, -0.05) is 6.07 Å². The van der Waals surface area contributed by atoms with Crippen molar-refractivity contribution in [2.45, 2.75) is 19.8 Å². The van der Waals surface area contributed by atoms with Crippen molar-refractivity contribution in [3.63, 3.8) is 0 Å². The Bertz CT molecular complexity index is 665. The predicted octanol–water partition coefficient (Wildman–Crippen LogP) is 3.18. The normalized spacial score (nSPS) is 14.8. The molecule has 5 nitrogen and oxygen atoms in total. The second-order valence-corrected chi connectivity index (χ2v) is 6.32. The van der Waals surface area contributed by atoms with Crippen molar-refractivity contribution < 1.29 is 9.53 Å². The molecular weight excluding hydrogens is 310 g/mol. The van der Waals surface area contributed by atoms with E-state index in [1.54, 1.807) is 5.38 Å². The quantitative estimate of drug-likeness (QED) is 0.883. The number of aryl methyl sites for hydroxylation is 1. The van der Waals surface area contributed by atoms with Crippen LogP contribution in [0.3, 0.4) is 0 Å². The summed E-state index contributed by atoms with van der Waals surface area (Å²) in [5.74, 6) is 0.646. The number of aromatic nitrogens is 1. The maximum absolute atomic E-state index is 12.2. The summed E-state index contributed by atoms with van der Waals surface area (Å²) in [4.78, 5) is 14.6. The molecule has 0 spiro atoms. The Hall–Kier alpha value is -1.92. The number of carbonyl (C=O) groups excluding carboxylic acids is 1. The molecule has 1 aliphatic rings. The van der Waals surface area contributed by atoms with Gasteiger partial charge in [-0.25, -0.2) is 0 Å². The zero-order chi connectivity index (χ0) is 16.1. The molecule has 2 aromatic rings. The lowest BCUT2D eigenvalue weighted by Crippen LogP contribution is -2.25. The number of hydrogen-bond acceptors (Lipinski definition) is 5. The molecule has 0 unspecified atom stereocenters. The van der Waals surface area contributed by atoms with Gasteiger partial charge in [0.25, 0.3) is 5.91 Å². The number of nitrogens with zero attached hydrogens (tertiary/aromatic N) is 2. The zero-order valence-corrected chi connectivity index (χ0v) is 14.1. The summed E-state index contributed by atoms with van der Waals surface area (Å²) in [6, 6.07) is 7.52. The molecule has 0 saturated carbocycles. The number of benzene rings is 1. The van der Waals surface area contributed by atoms with Crippen LogP contribution in [0.5, 0.6) is 5.75 Å². The maximum Gasteiger partial charge on any atom is 0.258 e. The third-order valence-corrected chi connectivity index (χ3v) is 4.68. The Labute approximate surface area is 140 Å². The van der Waals surface area contributed by atoms with Gasteiger partial charge in [-0.05, 0) is 56.5 Å². The van der Waals surface area contributed by atoms with Gasteiger partial charge in [-0.15, -0.1) is 0 Å². The average Bonchev–Trinajstić information content (AvgIpc) is 3.19. The number of likely N-dealkylation sites (tertiary alicyclic amines) is 1. The third-order valence-electron chi connectivity index (χ3n) is 3.96. The van der Waals surface area contributed by atoms with Crippen molar-refractivity contribution in [1.29, 1.82) is 0 Å². The number of ether oxygens (including phenoxy) is 1. The molecule has 0 bridgehead atoms. The minimum absolute atomic E-state index is 0.134. The summed E-state index contributed by atoms with van der Waals surface area (Å²) in [6.45, 7) is 5.81. The number of carbonyl (C=O) groups is 1. The van der Waals surface area contributed by atoms with E-state index >= 15 is 0 Å². The number of hydrogen-bond donors (Lipinski definition) is 1. The van der Waals surface area contributed by atoms with Crippen molar-refractivity contribution in [3.05, 3.63) is 40.9 Å². The van der Waals surface area contributed by atoms with Crippen LogP contribution in [-0.2, 0) is 0 Å². The van der Waals surface area contributed by atoms with Crippen LogP contribution >= 0.6 is 11.5 Å². The number of rotatable bonds is 6. The molecule has 1 amide bonds. The first kappa shape index (κ1) is 16.0. The topological polar surface area (TPSA) is 54.5 Å². The molecule has 23 heavy (non-hydrogen) atoms. The molecule has 1 aromatic carbocycles. The fourth-order valence-electron chi connectivity index (χ4n) is 2.67. The molecule has 6 heteroatoms. The van der Waals surface area contributed by atoms with Crippen LogP contribution in [0.1, 0.15) is 28.9 Å². The molecule has 3 rings (SSSR count). The summed E-state index contributed by atoms with van der Waals surface area (Å²) in [5, 5.41) is 4.66. The molecule has 2 heterocycles. The summed E-state index contributed by atoms with van der Waals surface area (Å²) < 4.78 is 9.93. The first-order valence-electron chi connectivity index (χ1n) is 7.90. The first-order chi connectivity index (χ1) is 11.2. The molecule has 0 radical (unpaired) electrons. The van der Waals surface area contributed by atoms with E-state index in [0.717, 1.165) is 23.7 Å². The maximum atomic E-state index is 12.2. The molecule has 0 aliphatic carbocycles. The van der Waals surface area contributed by atoms with Gasteiger partial charge < -0.3 is 10.1 Å². The Morgan fingerprint density at radius 1 is 1.39 bits per heavy atom. The second-order valence-electron chi connectivity index (χ2n) is 5.69. The van der Waals surface area contributed by atoms with Crippen LogP contribution in [0.25, 0.3) is 0 Å². The van der Waals surface area contributed by atoms with Gasteiger partial charge in [0.05, 0.1) is 11.3 Å². The number of anilines is 1. The van der Waals surface area contributed by atoms with Crippen molar-refractivity contribution in [2.24, 2.45) is 0 Å². The SMILES string of the molecule is Cc1nscc1C(=O)Nc1cccc(OCCN2CCCC2)c1. The van der Waals surface area contributed by atoms with E-state index in [4.69, 9.17) is 4.74 Å². The minimum Gasteiger partial charge on any atom is -0.492 e. The van der Waals surface area contributed by atoms with Crippen molar-refractivity contribution in [2.75, 3.05) is 31.6 Å². The van der Waals surface area contributed by atoms with E-state index < -0.39 is 0 Å². The van der Waals surface area contributed by atoms with E-state index in [1.165, 1.54) is 37.5 Å². The monoisotopic (exact) mass is 331 g/mol. The van der Waals surface area contributed by atoms with Gasteiger partial charge in [0.2, 0.25) is 0 Å². The summed E-state index contributed by atoms with van der Waals surface area (Å²) in [5.41, 5.74) is 2.11. The van der Waals surface area contributed by atoms with Crippen LogP contribution in [-0.4, -0.2) is 41.4 Å². The first-order valence-corrected chi connectivity index (χ1v) is 8.73. The van der Waals surface area contributed by atoms with E-state index in [9.17, 15) is 4.79 Å². The van der Waals surface area contributed by atoms with Crippen LogP contribution in [0.15, 0.2) is 29.6 Å². The third kappa shape index (κ3) is 4.30. The van der Waals surface area contributed by atoms with Crippen molar-refractivity contribution in [3.8, 4) is 5.75 Å². The standard InChI is InChI=1S/C17H21N3O2S/c1-13-16(12-23-19-13)17(21)18-14-5-4-6-15(11-14)22-10-9-20-7-2-3-8-20/h4-6,11-12H,2-3,7-10H2,1H3,(H,18,21). The highest BCUT2D eigenvalue weighted by atomic mass is 32.1. The average molecular weight is 331 g/mol. The molecule has 122 valence electrons. The summed E-state index contributed by atoms with van der Waals surface area (Å²) >= 11 is 1.29. The van der Waals surface area contributed by atoms with Gasteiger partial charge in [0, 0.05) is 23.7 Å². The Morgan fingerprint density at radius 2 is 2.22 bits per heavy atom. The van der Waals surface area contributed by atoms with E-state index in [0.29, 0.717) is 12.2 Å². The zero-order valence-electron chi connectivity index (χ0n) is 13.2. The summed E-state index contributed by atoms with van der Waals surface area (Å²) in [7, 11) is 0. The largest absolute Gasteiger partial charge is 0.492 e. The van der Waals surface area contributed by atoms with Gasteiger partial charge in [-0.3, -0.25) is 9.69 Å². The number of amides is 1. The molecule has 1 aliphatic heterocycles. The van der Waals surface area contributed by atoms with E-state index in [-0.39, 0.29) is 5.91 Å². The lowest BCUT2D eigenvalue weighted by atomic mass is 10.2. The van der Waals surface area contributed by atoms with Crippen molar-refractivity contribution >= 4 is 23.1 Å². The fraction of sp³-hybridized carbons (Fsp3) is 0.412. The summed E-state index contributed by atoms with van der Waals surface area (Å²) in [6.07, 6.45) is 2.58. The van der Waals surface area contributed by atoms with Gasteiger partial charge >= 0.3 is 0 Å². The van der Waals surface area contributed by atoms with Gasteiger partial charge in [-0.2, -0.15) is 4.37 Å². The van der Waals surface area contributed by atoms with Crippen LogP contribution in [0.4, 0.5) is 5.69 Å². The molecule has 1 aromatic heterocycles. The Kier molecular flexibility index (Phi) is 5.25. The number of nitrogens with one attached hydrogen (secondary N) is 1. The van der Waals surface area contributed by atoms with Crippen LogP contribution in [0.2, 0.25) is 0 Å². The molecule has 1 saturated heterocycles. The minimum atomic E-state index is -0.134.